The number of nitrogens with one attached hydrogen (secondary N) is 2. The van der Waals surface area contributed by atoms with Gasteiger partial charge in [0.05, 0.1) is 10.6 Å². The summed E-state index contributed by atoms with van der Waals surface area (Å²) in [5.41, 5.74) is 5.63. The number of benzene rings is 1. The summed E-state index contributed by atoms with van der Waals surface area (Å²) in [6.07, 6.45) is 3.38. The maximum atomic E-state index is 12.4. The molecule has 2 heterocycles. The van der Waals surface area contributed by atoms with Crippen LogP contribution in [0.4, 0.5) is 11.4 Å². The third-order valence-corrected chi connectivity index (χ3v) is 6.60. The van der Waals surface area contributed by atoms with E-state index in [0.29, 0.717) is 42.0 Å². The minimum absolute atomic E-state index is 0.0452. The van der Waals surface area contributed by atoms with E-state index in [9.17, 15) is 14.9 Å². The van der Waals surface area contributed by atoms with Crippen LogP contribution >= 0.6 is 34.2 Å². The molecular weight excluding hydrogens is 535 g/mol. The Hall–Kier alpha value is -2.21. The zero-order valence-corrected chi connectivity index (χ0v) is 20.2. The Morgan fingerprint density at radius 2 is 2.23 bits per heavy atom. The molecule has 0 bridgehead atoms. The lowest BCUT2D eigenvalue weighted by Gasteiger charge is -2.33. The molecule has 9 nitrogen and oxygen atoms in total. The Morgan fingerprint density at radius 1 is 1.45 bits per heavy atom. The molecule has 166 valence electrons. The van der Waals surface area contributed by atoms with Gasteiger partial charge in [0.15, 0.2) is 5.84 Å². The molecule has 1 amide bonds. The first-order valence-electron chi connectivity index (χ1n) is 10.1. The molecular formula is C20H24ClIN6O3. The van der Waals surface area contributed by atoms with Crippen molar-refractivity contribution in [2.75, 3.05) is 0 Å². The van der Waals surface area contributed by atoms with Crippen molar-refractivity contribution in [1.82, 2.24) is 20.6 Å². The average molecular weight is 559 g/mol. The first kappa shape index (κ1) is 23.5. The third kappa shape index (κ3) is 5.35. The van der Waals surface area contributed by atoms with Crippen LogP contribution in [-0.2, 0) is 11.2 Å². The second-order valence-corrected chi connectivity index (χ2v) is 9.01. The van der Waals surface area contributed by atoms with Gasteiger partial charge in [0.2, 0.25) is 5.91 Å². The van der Waals surface area contributed by atoms with E-state index in [0.717, 1.165) is 18.5 Å². The summed E-state index contributed by atoms with van der Waals surface area (Å²) in [5.74, 6) is 0.273. The Bertz CT molecular complexity index is 995. The number of aromatic amines is 1. The highest BCUT2D eigenvalue weighted by atomic mass is 127. The Balaban J connectivity index is 2.04. The number of carbonyl (C=O) groups is 1. The third-order valence-electron chi connectivity index (χ3n) is 4.93. The lowest BCUT2D eigenvalue weighted by Crippen LogP contribution is -2.48. The smallest absolute Gasteiger partial charge is 0.270 e. The predicted octanol–water partition coefficient (Wildman–Crippen LogP) is 4.93. The molecule has 0 saturated heterocycles. The molecule has 2 aromatic rings. The molecule has 2 unspecified atom stereocenters. The monoisotopic (exact) mass is 558 g/mol. The van der Waals surface area contributed by atoms with Crippen molar-refractivity contribution in [2.24, 2.45) is 4.99 Å². The van der Waals surface area contributed by atoms with Gasteiger partial charge in [0, 0.05) is 29.5 Å². The van der Waals surface area contributed by atoms with Crippen LogP contribution in [0, 0.1) is 10.1 Å². The number of carbonyl (C=O) groups excluding carboxylic acids is 1. The van der Waals surface area contributed by atoms with Crippen molar-refractivity contribution in [3.63, 3.8) is 0 Å². The van der Waals surface area contributed by atoms with E-state index in [2.05, 4.69) is 38.2 Å². The molecule has 2 N–H and O–H groups in total. The van der Waals surface area contributed by atoms with Crippen molar-refractivity contribution >= 4 is 57.3 Å². The number of halogens is 2. The molecule has 1 aromatic heterocycles. The standard InChI is InChI=1S/C20H24ClIN6O3/c1-3-6-16(29)26-27-19(22)18-17(15(24-25-18)10-9-13(21)4-2)23-20(27)12-7-5-8-14(11-12)28(30)31/h5,7-8,11,13,19H,3-4,6,9-10H2,1-2H3,(H,24,25)(H,26,29). The fourth-order valence-corrected chi connectivity index (χ4v) is 4.18. The van der Waals surface area contributed by atoms with E-state index in [1.165, 1.54) is 12.1 Å². The van der Waals surface area contributed by atoms with Crippen LogP contribution in [0.5, 0.6) is 0 Å². The second-order valence-electron chi connectivity index (χ2n) is 7.21. The highest BCUT2D eigenvalue weighted by Gasteiger charge is 2.34. The van der Waals surface area contributed by atoms with Crippen LogP contribution in [0.25, 0.3) is 0 Å². The maximum Gasteiger partial charge on any atom is 0.270 e. The number of H-pyrrole nitrogens is 1. The Labute approximate surface area is 198 Å². The second kappa shape index (κ2) is 10.4. The first-order valence-corrected chi connectivity index (χ1v) is 11.8. The molecule has 1 aromatic carbocycles. The minimum atomic E-state index is -0.450. The summed E-state index contributed by atoms with van der Waals surface area (Å²) in [7, 11) is 0. The number of rotatable bonds is 9. The van der Waals surface area contributed by atoms with Crippen LogP contribution in [-0.4, -0.2) is 37.2 Å². The zero-order chi connectivity index (χ0) is 22.5. The van der Waals surface area contributed by atoms with Gasteiger partial charge in [-0.15, -0.1) is 11.6 Å². The van der Waals surface area contributed by atoms with Crippen molar-refractivity contribution < 1.29 is 9.72 Å². The maximum absolute atomic E-state index is 12.4. The summed E-state index contributed by atoms with van der Waals surface area (Å²) < 4.78 is -0.344. The van der Waals surface area contributed by atoms with E-state index < -0.39 is 4.92 Å². The molecule has 31 heavy (non-hydrogen) atoms. The highest BCUT2D eigenvalue weighted by molar-refractivity contribution is 14.1. The van der Waals surface area contributed by atoms with Gasteiger partial charge in [-0.25, -0.2) is 10.0 Å². The number of hydrazine groups is 1. The minimum Gasteiger partial charge on any atom is -0.280 e. The molecule has 0 radical (unpaired) electrons. The molecule has 0 saturated carbocycles. The highest BCUT2D eigenvalue weighted by Crippen LogP contribution is 2.40. The number of amides is 1. The van der Waals surface area contributed by atoms with Crippen LogP contribution in [0.2, 0.25) is 0 Å². The summed E-state index contributed by atoms with van der Waals surface area (Å²) >= 11 is 8.47. The van der Waals surface area contributed by atoms with E-state index in [4.69, 9.17) is 16.6 Å². The van der Waals surface area contributed by atoms with E-state index >= 15 is 0 Å². The number of aromatic nitrogens is 2. The van der Waals surface area contributed by atoms with Crippen molar-refractivity contribution in [2.45, 2.75) is 55.4 Å². The SMILES string of the molecule is CCCC(=O)NN1C(c2cccc([N+](=O)[O-])c2)=Nc2c(n[nH]c2CCC(Cl)CC)C1I. The number of nitro benzene ring substituents is 1. The number of non-ortho nitro benzene ring substituents is 1. The van der Waals surface area contributed by atoms with Crippen LogP contribution < -0.4 is 5.43 Å². The summed E-state index contributed by atoms with van der Waals surface area (Å²) in [6, 6.07) is 6.23. The number of nitro groups is 1. The summed E-state index contributed by atoms with van der Waals surface area (Å²) in [5, 5.41) is 20.5. The largest absolute Gasteiger partial charge is 0.280 e. The molecule has 1 aliphatic heterocycles. The molecule has 0 fully saturated rings. The van der Waals surface area contributed by atoms with Gasteiger partial charge in [-0.05, 0) is 48.3 Å². The van der Waals surface area contributed by atoms with Gasteiger partial charge >= 0.3 is 0 Å². The number of fused-ring (bicyclic) bond motifs is 1. The van der Waals surface area contributed by atoms with Gasteiger partial charge in [-0.2, -0.15) is 5.10 Å². The molecule has 1 aliphatic rings. The van der Waals surface area contributed by atoms with Gasteiger partial charge < -0.3 is 0 Å². The van der Waals surface area contributed by atoms with Gasteiger partial charge in [-0.1, -0.05) is 26.0 Å². The molecule has 0 spiro atoms. The van der Waals surface area contributed by atoms with Crippen molar-refractivity contribution in [3.8, 4) is 0 Å². The molecule has 3 rings (SSSR count). The fourth-order valence-electron chi connectivity index (χ4n) is 3.24. The Morgan fingerprint density at radius 3 is 2.90 bits per heavy atom. The molecule has 2 atom stereocenters. The van der Waals surface area contributed by atoms with Crippen LogP contribution in [0.3, 0.4) is 0 Å². The summed E-state index contributed by atoms with van der Waals surface area (Å²) in [4.78, 5) is 28.0. The van der Waals surface area contributed by atoms with E-state index in [-0.39, 0.29) is 21.0 Å². The average Bonchev–Trinajstić information content (AvgIpc) is 3.17. The lowest BCUT2D eigenvalue weighted by atomic mass is 10.1. The zero-order valence-electron chi connectivity index (χ0n) is 17.3. The van der Waals surface area contributed by atoms with E-state index in [1.807, 2.05) is 13.8 Å². The number of hydrogen-bond acceptors (Lipinski definition) is 6. The number of aryl methyl sites for hydroxylation is 1. The molecule has 0 aliphatic carbocycles. The van der Waals surface area contributed by atoms with Gasteiger partial charge in [0.25, 0.3) is 5.69 Å². The fraction of sp³-hybridized carbons (Fsp3) is 0.450. The van der Waals surface area contributed by atoms with Crippen LogP contribution in [0.15, 0.2) is 29.3 Å². The summed E-state index contributed by atoms with van der Waals surface area (Å²) in [6.45, 7) is 3.96. The predicted molar refractivity (Wildman–Crippen MR) is 128 cm³/mol. The number of alkyl halides is 2. The topological polar surface area (TPSA) is 117 Å². The van der Waals surface area contributed by atoms with Gasteiger partial charge in [0.1, 0.15) is 15.4 Å². The number of amidine groups is 1. The molecule has 11 heteroatoms. The van der Waals surface area contributed by atoms with Crippen molar-refractivity contribution in [1.29, 1.82) is 0 Å². The van der Waals surface area contributed by atoms with E-state index in [1.54, 1.807) is 17.1 Å². The quantitative estimate of drug-likeness (QED) is 0.149. The van der Waals surface area contributed by atoms with Gasteiger partial charge in [-0.3, -0.25) is 25.4 Å². The normalized spacial score (nSPS) is 16.5. The lowest BCUT2D eigenvalue weighted by molar-refractivity contribution is -0.384. The van der Waals surface area contributed by atoms with Crippen LogP contribution in [0.1, 0.15) is 60.5 Å². The van der Waals surface area contributed by atoms with Crippen molar-refractivity contribution in [3.05, 3.63) is 51.3 Å². The number of nitrogens with zero attached hydrogens (tertiary/aromatic N) is 4. The Kier molecular flexibility index (Phi) is 7.87. The first-order chi connectivity index (χ1) is 14.8. The number of aliphatic imine (C=N–C) groups is 1. The number of hydrogen-bond donors (Lipinski definition) is 2.